The Bertz CT molecular complexity index is 567. The molecule has 4 heteroatoms. The predicted octanol–water partition coefficient (Wildman–Crippen LogP) is 1.93. The Morgan fingerprint density at radius 2 is 2.35 bits per heavy atom. The van der Waals surface area contributed by atoms with Crippen molar-refractivity contribution in [2.75, 3.05) is 0 Å². The number of carbonyl (C=O) groups is 1. The number of aromatic nitrogens is 2. The lowest BCUT2D eigenvalue weighted by Gasteiger charge is -2.15. The van der Waals surface area contributed by atoms with Crippen LogP contribution >= 0.6 is 0 Å². The van der Waals surface area contributed by atoms with E-state index in [1.165, 1.54) is 6.92 Å². The van der Waals surface area contributed by atoms with Gasteiger partial charge in [0.05, 0.1) is 18.0 Å². The molecule has 0 fully saturated rings. The van der Waals surface area contributed by atoms with Crippen LogP contribution in [-0.4, -0.2) is 15.3 Å². The number of rotatable bonds is 3. The maximum absolute atomic E-state index is 11.7. The molecule has 0 aliphatic carbocycles. The van der Waals surface area contributed by atoms with E-state index in [1.54, 1.807) is 41.5 Å². The number of nitriles is 1. The van der Waals surface area contributed by atoms with Gasteiger partial charge in [0, 0.05) is 12.4 Å². The summed E-state index contributed by atoms with van der Waals surface area (Å²) in [6.07, 6.45) is 4.97. The first-order valence-corrected chi connectivity index (χ1v) is 5.20. The molecule has 0 saturated heterocycles. The highest BCUT2D eigenvalue weighted by atomic mass is 16.1. The summed E-state index contributed by atoms with van der Waals surface area (Å²) in [4.78, 5) is 15.7. The first-order valence-electron chi connectivity index (χ1n) is 5.20. The van der Waals surface area contributed by atoms with Crippen LogP contribution in [0.4, 0.5) is 0 Å². The third kappa shape index (κ3) is 2.23. The first-order chi connectivity index (χ1) is 8.22. The lowest BCUT2D eigenvalue weighted by atomic mass is 10.0. The van der Waals surface area contributed by atoms with E-state index in [0.717, 1.165) is 5.56 Å². The molecule has 0 radical (unpaired) electrons. The predicted molar refractivity (Wildman–Crippen MR) is 62.2 cm³/mol. The Morgan fingerprint density at radius 3 is 2.94 bits per heavy atom. The van der Waals surface area contributed by atoms with Gasteiger partial charge in [-0.1, -0.05) is 12.1 Å². The minimum Gasteiger partial charge on any atom is -0.323 e. The van der Waals surface area contributed by atoms with E-state index in [4.69, 9.17) is 5.26 Å². The van der Waals surface area contributed by atoms with E-state index >= 15 is 0 Å². The van der Waals surface area contributed by atoms with E-state index in [-0.39, 0.29) is 5.78 Å². The Labute approximate surface area is 99.1 Å². The zero-order valence-corrected chi connectivity index (χ0v) is 9.37. The van der Waals surface area contributed by atoms with Crippen LogP contribution in [0.3, 0.4) is 0 Å². The lowest BCUT2D eigenvalue weighted by molar-refractivity contribution is -0.119. The van der Waals surface area contributed by atoms with Gasteiger partial charge in [-0.15, -0.1) is 0 Å². The monoisotopic (exact) mass is 225 g/mol. The number of imidazole rings is 1. The summed E-state index contributed by atoms with van der Waals surface area (Å²) >= 11 is 0. The number of hydrogen-bond donors (Lipinski definition) is 0. The average Bonchev–Trinajstić information content (AvgIpc) is 2.83. The van der Waals surface area contributed by atoms with E-state index < -0.39 is 6.04 Å². The molecule has 1 aromatic carbocycles. The fourth-order valence-corrected chi connectivity index (χ4v) is 1.82. The zero-order chi connectivity index (χ0) is 12.3. The first kappa shape index (κ1) is 11.1. The van der Waals surface area contributed by atoms with Gasteiger partial charge >= 0.3 is 0 Å². The Kier molecular flexibility index (Phi) is 3.01. The number of ketones is 1. The van der Waals surface area contributed by atoms with Gasteiger partial charge in [0.2, 0.25) is 0 Å². The van der Waals surface area contributed by atoms with Crippen molar-refractivity contribution in [2.45, 2.75) is 13.0 Å². The molecule has 0 saturated carbocycles. The van der Waals surface area contributed by atoms with E-state index in [9.17, 15) is 4.79 Å². The van der Waals surface area contributed by atoms with E-state index in [0.29, 0.717) is 5.56 Å². The molecule has 2 aromatic rings. The van der Waals surface area contributed by atoms with Gasteiger partial charge in [-0.2, -0.15) is 5.26 Å². The molecule has 1 aromatic heterocycles. The third-order valence-electron chi connectivity index (χ3n) is 2.54. The van der Waals surface area contributed by atoms with Crippen molar-refractivity contribution >= 4 is 5.78 Å². The van der Waals surface area contributed by atoms with Crippen LogP contribution in [0.1, 0.15) is 24.1 Å². The molecule has 0 bridgehead atoms. The molecule has 84 valence electrons. The minimum atomic E-state index is -0.411. The molecule has 0 aliphatic rings. The van der Waals surface area contributed by atoms with Crippen molar-refractivity contribution in [2.24, 2.45) is 0 Å². The molecule has 0 aliphatic heterocycles. The summed E-state index contributed by atoms with van der Waals surface area (Å²) in [5, 5.41) is 8.86. The van der Waals surface area contributed by atoms with Crippen molar-refractivity contribution in [1.82, 2.24) is 9.55 Å². The standard InChI is InChI=1S/C13H11N3O/c1-10(17)13(16-6-5-15-9-16)12-4-2-3-11(7-12)8-14/h2-7,9,13H,1H3. The second-order valence-electron chi connectivity index (χ2n) is 3.76. The molecular weight excluding hydrogens is 214 g/mol. The molecule has 2 rings (SSSR count). The maximum Gasteiger partial charge on any atom is 0.157 e. The Balaban J connectivity index is 2.47. The van der Waals surface area contributed by atoms with Crippen LogP contribution in [0.2, 0.25) is 0 Å². The summed E-state index contributed by atoms with van der Waals surface area (Å²) < 4.78 is 1.73. The molecule has 4 nitrogen and oxygen atoms in total. The van der Waals surface area contributed by atoms with Crippen LogP contribution in [-0.2, 0) is 4.79 Å². The molecule has 0 N–H and O–H groups in total. The quantitative estimate of drug-likeness (QED) is 0.802. The number of nitrogens with zero attached hydrogens (tertiary/aromatic N) is 3. The zero-order valence-electron chi connectivity index (χ0n) is 9.37. The average molecular weight is 225 g/mol. The highest BCUT2D eigenvalue weighted by molar-refractivity contribution is 5.83. The van der Waals surface area contributed by atoms with Gasteiger partial charge in [0.25, 0.3) is 0 Å². The number of hydrogen-bond acceptors (Lipinski definition) is 3. The normalized spacial score (nSPS) is 11.8. The highest BCUT2D eigenvalue weighted by Gasteiger charge is 2.18. The van der Waals surface area contributed by atoms with Crippen molar-refractivity contribution in [3.8, 4) is 6.07 Å². The third-order valence-corrected chi connectivity index (χ3v) is 2.54. The van der Waals surface area contributed by atoms with Gasteiger partial charge in [0.15, 0.2) is 5.78 Å². The van der Waals surface area contributed by atoms with Crippen molar-refractivity contribution < 1.29 is 4.79 Å². The number of carbonyl (C=O) groups excluding carboxylic acids is 1. The van der Waals surface area contributed by atoms with Crippen LogP contribution in [0.5, 0.6) is 0 Å². The molecular formula is C13H11N3O. The molecule has 0 spiro atoms. The van der Waals surface area contributed by atoms with Crippen LogP contribution in [0.15, 0.2) is 43.0 Å². The molecule has 1 heterocycles. The summed E-state index contributed by atoms with van der Waals surface area (Å²) in [6, 6.07) is 8.72. The molecule has 1 unspecified atom stereocenters. The number of Topliss-reactive ketones (excluding diaryl/α,β-unsaturated/α-hetero) is 1. The topological polar surface area (TPSA) is 58.7 Å². The van der Waals surface area contributed by atoms with Crippen LogP contribution < -0.4 is 0 Å². The second-order valence-corrected chi connectivity index (χ2v) is 3.76. The van der Waals surface area contributed by atoms with Gasteiger partial charge in [-0.25, -0.2) is 4.98 Å². The molecule has 17 heavy (non-hydrogen) atoms. The van der Waals surface area contributed by atoms with Gasteiger partial charge in [-0.3, -0.25) is 4.79 Å². The smallest absolute Gasteiger partial charge is 0.157 e. The SMILES string of the molecule is CC(=O)C(c1cccc(C#N)c1)n1ccnc1. The summed E-state index contributed by atoms with van der Waals surface area (Å²) in [7, 11) is 0. The fourth-order valence-electron chi connectivity index (χ4n) is 1.82. The molecule has 0 amide bonds. The van der Waals surface area contributed by atoms with E-state index in [1.807, 2.05) is 6.07 Å². The number of benzene rings is 1. The lowest BCUT2D eigenvalue weighted by Crippen LogP contribution is -2.17. The Morgan fingerprint density at radius 1 is 1.53 bits per heavy atom. The van der Waals surface area contributed by atoms with Crippen molar-refractivity contribution in [3.63, 3.8) is 0 Å². The minimum absolute atomic E-state index is 0.0121. The maximum atomic E-state index is 11.7. The van der Waals surface area contributed by atoms with Gasteiger partial charge in [-0.05, 0) is 24.6 Å². The fraction of sp³-hybridized carbons (Fsp3) is 0.154. The van der Waals surface area contributed by atoms with Crippen molar-refractivity contribution in [1.29, 1.82) is 5.26 Å². The van der Waals surface area contributed by atoms with Crippen LogP contribution in [0, 0.1) is 11.3 Å². The van der Waals surface area contributed by atoms with E-state index in [2.05, 4.69) is 11.1 Å². The second kappa shape index (κ2) is 4.62. The Hall–Kier alpha value is -2.41. The summed E-state index contributed by atoms with van der Waals surface area (Å²) in [5.41, 5.74) is 1.35. The van der Waals surface area contributed by atoms with Gasteiger partial charge in [0.1, 0.15) is 6.04 Å². The summed E-state index contributed by atoms with van der Waals surface area (Å²) in [5.74, 6) is 0.0121. The van der Waals surface area contributed by atoms with Crippen LogP contribution in [0.25, 0.3) is 0 Å². The van der Waals surface area contributed by atoms with Gasteiger partial charge < -0.3 is 4.57 Å². The highest BCUT2D eigenvalue weighted by Crippen LogP contribution is 2.20. The summed E-state index contributed by atoms with van der Waals surface area (Å²) in [6.45, 7) is 1.53. The van der Waals surface area contributed by atoms with Crippen molar-refractivity contribution in [3.05, 3.63) is 54.1 Å². The largest absolute Gasteiger partial charge is 0.323 e. The molecule has 1 atom stereocenters.